The van der Waals surface area contributed by atoms with Crippen molar-refractivity contribution in [1.82, 2.24) is 19.6 Å². The Morgan fingerprint density at radius 3 is 2.82 bits per heavy atom. The molecule has 0 saturated heterocycles. The van der Waals surface area contributed by atoms with Gasteiger partial charge in [0.15, 0.2) is 11.5 Å². The second-order valence-corrected chi connectivity index (χ2v) is 3.85. The number of fused-ring (bicyclic) bond motifs is 1. The van der Waals surface area contributed by atoms with Crippen molar-refractivity contribution < 1.29 is 0 Å². The SMILES string of the molecule is Cc1ccc(N)c2nnc(-c3cccnc3)n12. The topological polar surface area (TPSA) is 69.1 Å². The van der Waals surface area contributed by atoms with Crippen molar-refractivity contribution in [2.75, 3.05) is 5.73 Å². The van der Waals surface area contributed by atoms with E-state index in [1.807, 2.05) is 35.6 Å². The first kappa shape index (κ1) is 9.77. The highest BCUT2D eigenvalue weighted by atomic mass is 15.3. The molecular formula is C12H11N5. The lowest BCUT2D eigenvalue weighted by Gasteiger charge is -2.04. The minimum absolute atomic E-state index is 0.623. The average Bonchev–Trinajstić information content (AvgIpc) is 2.81. The van der Waals surface area contributed by atoms with Gasteiger partial charge < -0.3 is 5.73 Å². The molecule has 3 heterocycles. The van der Waals surface area contributed by atoms with Gasteiger partial charge in [-0.2, -0.15) is 0 Å². The van der Waals surface area contributed by atoms with Gasteiger partial charge in [-0.3, -0.25) is 9.38 Å². The van der Waals surface area contributed by atoms with Gasteiger partial charge in [0.2, 0.25) is 0 Å². The second kappa shape index (κ2) is 3.55. The van der Waals surface area contributed by atoms with Crippen molar-refractivity contribution in [3.05, 3.63) is 42.4 Å². The van der Waals surface area contributed by atoms with Crippen molar-refractivity contribution >= 4 is 11.3 Å². The number of nitrogen functional groups attached to an aromatic ring is 1. The van der Waals surface area contributed by atoms with Crippen LogP contribution in [0.25, 0.3) is 17.0 Å². The minimum atomic E-state index is 0.623. The summed E-state index contributed by atoms with van der Waals surface area (Å²) in [5, 5.41) is 8.30. The van der Waals surface area contributed by atoms with E-state index in [0.29, 0.717) is 11.3 Å². The summed E-state index contributed by atoms with van der Waals surface area (Å²) in [4.78, 5) is 4.09. The maximum absolute atomic E-state index is 5.88. The van der Waals surface area contributed by atoms with Gasteiger partial charge in [0, 0.05) is 23.7 Å². The Labute approximate surface area is 97.9 Å². The summed E-state index contributed by atoms with van der Waals surface area (Å²) in [5.41, 5.74) is 9.15. The van der Waals surface area contributed by atoms with Crippen molar-refractivity contribution in [3.8, 4) is 11.4 Å². The predicted molar refractivity (Wildman–Crippen MR) is 65.4 cm³/mol. The molecule has 3 aromatic rings. The van der Waals surface area contributed by atoms with Crippen molar-refractivity contribution in [1.29, 1.82) is 0 Å². The zero-order valence-electron chi connectivity index (χ0n) is 9.33. The van der Waals surface area contributed by atoms with Gasteiger partial charge in [-0.25, -0.2) is 0 Å². The number of hydrogen-bond donors (Lipinski definition) is 1. The van der Waals surface area contributed by atoms with Crippen LogP contribution >= 0.6 is 0 Å². The van der Waals surface area contributed by atoms with Crippen molar-refractivity contribution in [2.24, 2.45) is 0 Å². The maximum atomic E-state index is 5.88. The zero-order chi connectivity index (χ0) is 11.8. The highest BCUT2D eigenvalue weighted by Gasteiger charge is 2.11. The summed E-state index contributed by atoms with van der Waals surface area (Å²) in [6.07, 6.45) is 3.49. The van der Waals surface area contributed by atoms with E-state index in [-0.39, 0.29) is 0 Å². The largest absolute Gasteiger partial charge is 0.396 e. The molecule has 0 spiro atoms. The van der Waals surface area contributed by atoms with Crippen LogP contribution in [0.5, 0.6) is 0 Å². The first-order valence-electron chi connectivity index (χ1n) is 5.28. The fraction of sp³-hybridized carbons (Fsp3) is 0.0833. The molecular weight excluding hydrogens is 214 g/mol. The summed E-state index contributed by atoms with van der Waals surface area (Å²) in [6, 6.07) is 7.61. The molecule has 0 aromatic carbocycles. The number of aryl methyl sites for hydroxylation is 1. The van der Waals surface area contributed by atoms with Crippen LogP contribution in [0.15, 0.2) is 36.7 Å². The number of hydrogen-bond acceptors (Lipinski definition) is 4. The van der Waals surface area contributed by atoms with E-state index in [0.717, 1.165) is 17.1 Å². The smallest absolute Gasteiger partial charge is 0.184 e. The summed E-state index contributed by atoms with van der Waals surface area (Å²) in [7, 11) is 0. The highest BCUT2D eigenvalue weighted by molar-refractivity contribution is 5.69. The Bertz CT molecular complexity index is 672. The summed E-state index contributed by atoms with van der Waals surface area (Å²) < 4.78 is 1.94. The monoisotopic (exact) mass is 225 g/mol. The molecule has 0 bridgehead atoms. The van der Waals surface area contributed by atoms with Crippen LogP contribution in [0.3, 0.4) is 0 Å². The number of pyridine rings is 2. The minimum Gasteiger partial charge on any atom is -0.396 e. The van der Waals surface area contributed by atoms with Crippen LogP contribution in [-0.4, -0.2) is 19.6 Å². The standard InChI is InChI=1S/C12H11N5/c1-8-4-5-10(13)12-16-15-11(17(8)12)9-3-2-6-14-7-9/h2-7H,13H2,1H3. The molecule has 0 aliphatic rings. The normalized spacial score (nSPS) is 10.9. The molecule has 0 aliphatic heterocycles. The fourth-order valence-electron chi connectivity index (χ4n) is 1.85. The Morgan fingerprint density at radius 2 is 2.06 bits per heavy atom. The number of nitrogens with two attached hydrogens (primary N) is 1. The quantitative estimate of drug-likeness (QED) is 0.684. The van der Waals surface area contributed by atoms with Gasteiger partial charge in [0.25, 0.3) is 0 Å². The lowest BCUT2D eigenvalue weighted by atomic mass is 10.2. The van der Waals surface area contributed by atoms with Crippen LogP contribution in [0, 0.1) is 6.92 Å². The third-order valence-electron chi connectivity index (χ3n) is 2.70. The van der Waals surface area contributed by atoms with Crippen molar-refractivity contribution in [3.63, 3.8) is 0 Å². The van der Waals surface area contributed by atoms with Gasteiger partial charge in [0.05, 0.1) is 5.69 Å². The van der Waals surface area contributed by atoms with E-state index in [2.05, 4.69) is 15.2 Å². The van der Waals surface area contributed by atoms with Crippen LogP contribution in [0.4, 0.5) is 5.69 Å². The molecule has 5 nitrogen and oxygen atoms in total. The third-order valence-corrected chi connectivity index (χ3v) is 2.70. The molecule has 0 saturated carbocycles. The second-order valence-electron chi connectivity index (χ2n) is 3.85. The highest BCUT2D eigenvalue weighted by Crippen LogP contribution is 2.21. The Morgan fingerprint density at radius 1 is 1.18 bits per heavy atom. The maximum Gasteiger partial charge on any atom is 0.184 e. The zero-order valence-corrected chi connectivity index (χ0v) is 9.33. The van der Waals surface area contributed by atoms with Crippen LogP contribution in [-0.2, 0) is 0 Å². The van der Waals surface area contributed by atoms with Crippen LogP contribution in [0.1, 0.15) is 5.69 Å². The average molecular weight is 225 g/mol. The van der Waals surface area contributed by atoms with E-state index in [1.165, 1.54) is 0 Å². The lowest BCUT2D eigenvalue weighted by molar-refractivity contribution is 1.07. The van der Waals surface area contributed by atoms with E-state index in [9.17, 15) is 0 Å². The summed E-state index contributed by atoms with van der Waals surface area (Å²) in [6.45, 7) is 2.00. The van der Waals surface area contributed by atoms with Gasteiger partial charge in [-0.05, 0) is 31.2 Å². The number of rotatable bonds is 1. The fourth-order valence-corrected chi connectivity index (χ4v) is 1.85. The van der Waals surface area contributed by atoms with E-state index < -0.39 is 0 Å². The lowest BCUT2D eigenvalue weighted by Crippen LogP contribution is -1.98. The molecule has 0 unspecified atom stereocenters. The Kier molecular flexibility index (Phi) is 2.04. The first-order valence-corrected chi connectivity index (χ1v) is 5.28. The number of anilines is 1. The number of aromatic nitrogens is 4. The summed E-state index contributed by atoms with van der Waals surface area (Å²) >= 11 is 0. The van der Waals surface area contributed by atoms with Crippen LogP contribution < -0.4 is 5.73 Å². The van der Waals surface area contributed by atoms with Gasteiger partial charge in [-0.1, -0.05) is 0 Å². The van der Waals surface area contributed by atoms with E-state index in [1.54, 1.807) is 12.4 Å². The summed E-state index contributed by atoms with van der Waals surface area (Å²) in [5.74, 6) is 0.762. The van der Waals surface area contributed by atoms with E-state index in [4.69, 9.17) is 5.73 Å². The van der Waals surface area contributed by atoms with Gasteiger partial charge in [0.1, 0.15) is 0 Å². The predicted octanol–water partition coefficient (Wildman–Crippen LogP) is 1.68. The third kappa shape index (κ3) is 1.44. The molecule has 0 atom stereocenters. The molecule has 3 rings (SSSR count). The number of nitrogens with zero attached hydrogens (tertiary/aromatic N) is 4. The molecule has 3 aromatic heterocycles. The Balaban J connectivity index is 2.36. The molecule has 0 radical (unpaired) electrons. The van der Waals surface area contributed by atoms with Gasteiger partial charge >= 0.3 is 0 Å². The van der Waals surface area contributed by atoms with Crippen LogP contribution in [0.2, 0.25) is 0 Å². The molecule has 5 heteroatoms. The molecule has 17 heavy (non-hydrogen) atoms. The first-order chi connectivity index (χ1) is 8.27. The van der Waals surface area contributed by atoms with Crippen molar-refractivity contribution in [2.45, 2.75) is 6.92 Å². The van der Waals surface area contributed by atoms with E-state index >= 15 is 0 Å². The molecule has 84 valence electrons. The Hall–Kier alpha value is -2.43. The molecule has 0 amide bonds. The molecule has 0 aliphatic carbocycles. The molecule has 0 fully saturated rings. The molecule has 2 N–H and O–H groups in total. The van der Waals surface area contributed by atoms with Gasteiger partial charge in [-0.15, -0.1) is 10.2 Å².